The molecule has 4 heteroatoms. The summed E-state index contributed by atoms with van der Waals surface area (Å²) < 4.78 is 5.35. The fourth-order valence-electron chi connectivity index (χ4n) is 3.04. The number of rotatable bonds is 2. The number of para-hydroxylation sites is 1. The van der Waals surface area contributed by atoms with Crippen molar-refractivity contribution < 1.29 is 14.4 Å². The molecule has 0 saturated heterocycles. The van der Waals surface area contributed by atoms with Crippen molar-refractivity contribution in [3.63, 3.8) is 0 Å². The van der Waals surface area contributed by atoms with Gasteiger partial charge in [0.05, 0.1) is 11.1 Å². The van der Waals surface area contributed by atoms with Gasteiger partial charge in [-0.3, -0.25) is 4.79 Å². The quantitative estimate of drug-likeness (QED) is 0.883. The minimum atomic E-state index is -0.786. The molecule has 0 aliphatic heterocycles. The zero-order valence-corrected chi connectivity index (χ0v) is 10.3. The third-order valence-electron chi connectivity index (χ3n) is 4.06. The Bertz CT molecular complexity index is 609. The highest BCUT2D eigenvalue weighted by molar-refractivity contribution is 5.91. The Kier molecular flexibility index (Phi) is 2.40. The molecular formula is C14H15NO3. The molecule has 0 radical (unpaired) electrons. The van der Waals surface area contributed by atoms with Crippen LogP contribution in [0.1, 0.15) is 36.9 Å². The van der Waals surface area contributed by atoms with Crippen LogP contribution < -0.4 is 0 Å². The maximum Gasteiger partial charge on any atom is 0.314 e. The van der Waals surface area contributed by atoms with E-state index < -0.39 is 11.4 Å². The maximum atomic E-state index is 11.7. The molecule has 1 aliphatic carbocycles. The van der Waals surface area contributed by atoms with Gasteiger partial charge in [0.2, 0.25) is 0 Å². The van der Waals surface area contributed by atoms with Crippen LogP contribution in [0.15, 0.2) is 22.7 Å². The largest absolute Gasteiger partial charge is 0.481 e. The third-order valence-corrected chi connectivity index (χ3v) is 4.06. The van der Waals surface area contributed by atoms with Gasteiger partial charge in [-0.05, 0) is 25.8 Å². The number of fused-ring (bicyclic) bond motifs is 1. The molecule has 1 aromatic heterocycles. The van der Waals surface area contributed by atoms with Crippen molar-refractivity contribution in [3.8, 4) is 0 Å². The zero-order chi connectivity index (χ0) is 12.8. The second-order valence-electron chi connectivity index (χ2n) is 5.04. The van der Waals surface area contributed by atoms with Crippen LogP contribution >= 0.6 is 0 Å². The summed E-state index contributed by atoms with van der Waals surface area (Å²) in [5, 5.41) is 14.5. The van der Waals surface area contributed by atoms with E-state index in [9.17, 15) is 9.90 Å². The number of carbonyl (C=O) groups is 1. The predicted octanol–water partition coefficient (Wildman–Crippen LogP) is 3.03. The first kappa shape index (κ1) is 11.3. The van der Waals surface area contributed by atoms with Gasteiger partial charge in [0.1, 0.15) is 0 Å². The van der Waals surface area contributed by atoms with Crippen LogP contribution in [0.5, 0.6) is 0 Å². The monoisotopic (exact) mass is 245 g/mol. The smallest absolute Gasteiger partial charge is 0.314 e. The highest BCUT2D eigenvalue weighted by atomic mass is 16.5. The van der Waals surface area contributed by atoms with E-state index in [0.717, 1.165) is 29.5 Å². The molecule has 4 nitrogen and oxygen atoms in total. The molecule has 1 heterocycles. The minimum Gasteiger partial charge on any atom is -0.481 e. The number of hydrogen-bond donors (Lipinski definition) is 1. The molecule has 1 saturated carbocycles. The van der Waals surface area contributed by atoms with Crippen molar-refractivity contribution in [2.24, 2.45) is 0 Å². The summed E-state index contributed by atoms with van der Waals surface area (Å²) in [5.74, 6) is -0.749. The summed E-state index contributed by atoms with van der Waals surface area (Å²) in [5.41, 5.74) is 1.45. The first-order chi connectivity index (χ1) is 8.65. The van der Waals surface area contributed by atoms with Crippen molar-refractivity contribution in [2.75, 3.05) is 0 Å². The maximum absolute atomic E-state index is 11.7. The Morgan fingerprint density at radius 3 is 2.78 bits per heavy atom. The van der Waals surface area contributed by atoms with Gasteiger partial charge in [-0.1, -0.05) is 30.1 Å². The van der Waals surface area contributed by atoms with E-state index in [1.807, 2.05) is 25.1 Å². The van der Waals surface area contributed by atoms with Crippen molar-refractivity contribution in [1.82, 2.24) is 5.16 Å². The number of aryl methyl sites for hydroxylation is 1. The molecule has 0 unspecified atom stereocenters. The van der Waals surface area contributed by atoms with Crippen LogP contribution in [0.4, 0.5) is 0 Å². The lowest BCUT2D eigenvalue weighted by atomic mass is 9.78. The molecule has 3 rings (SSSR count). The summed E-state index contributed by atoms with van der Waals surface area (Å²) in [6.07, 6.45) is 3.27. The first-order valence-corrected chi connectivity index (χ1v) is 6.24. The first-order valence-electron chi connectivity index (χ1n) is 6.24. The van der Waals surface area contributed by atoms with Crippen LogP contribution in [0, 0.1) is 6.92 Å². The average Bonchev–Trinajstić information content (AvgIpc) is 2.97. The van der Waals surface area contributed by atoms with E-state index in [0.29, 0.717) is 18.4 Å². The molecule has 0 atom stereocenters. The summed E-state index contributed by atoms with van der Waals surface area (Å²) in [4.78, 5) is 11.7. The SMILES string of the molecule is Cc1noc2c(C3(C(=O)O)CCCC3)cccc12. The number of benzene rings is 1. The highest BCUT2D eigenvalue weighted by Gasteiger charge is 2.44. The topological polar surface area (TPSA) is 63.3 Å². The molecule has 0 bridgehead atoms. The minimum absolute atomic E-state index is 0.638. The lowest BCUT2D eigenvalue weighted by Crippen LogP contribution is -2.32. The van der Waals surface area contributed by atoms with Gasteiger partial charge < -0.3 is 9.63 Å². The standard InChI is InChI=1S/C14H15NO3/c1-9-10-5-4-6-11(12(10)18-15-9)14(13(16)17)7-2-3-8-14/h4-6H,2-3,7-8H2,1H3,(H,16,17). The van der Waals surface area contributed by atoms with Crippen LogP contribution in [-0.2, 0) is 10.2 Å². The van der Waals surface area contributed by atoms with Crippen molar-refractivity contribution >= 4 is 16.9 Å². The van der Waals surface area contributed by atoms with Gasteiger partial charge in [0, 0.05) is 10.9 Å². The summed E-state index contributed by atoms with van der Waals surface area (Å²) >= 11 is 0. The van der Waals surface area contributed by atoms with Gasteiger partial charge in [-0.2, -0.15) is 0 Å². The van der Waals surface area contributed by atoms with Crippen molar-refractivity contribution in [2.45, 2.75) is 38.0 Å². The van der Waals surface area contributed by atoms with E-state index in [1.54, 1.807) is 0 Å². The average molecular weight is 245 g/mol. The number of aromatic nitrogens is 1. The lowest BCUT2D eigenvalue weighted by Gasteiger charge is -2.23. The van der Waals surface area contributed by atoms with Gasteiger partial charge in [-0.15, -0.1) is 0 Å². The molecule has 1 aliphatic rings. The van der Waals surface area contributed by atoms with Crippen LogP contribution in [-0.4, -0.2) is 16.2 Å². The van der Waals surface area contributed by atoms with E-state index in [1.165, 1.54) is 0 Å². The Hall–Kier alpha value is -1.84. The second kappa shape index (κ2) is 3.83. The molecule has 0 amide bonds. The summed E-state index contributed by atoms with van der Waals surface area (Å²) in [6.45, 7) is 1.87. The number of carboxylic acids is 1. The summed E-state index contributed by atoms with van der Waals surface area (Å²) in [6, 6.07) is 5.69. The Labute approximate surface area is 105 Å². The van der Waals surface area contributed by atoms with Crippen molar-refractivity contribution in [3.05, 3.63) is 29.5 Å². The molecule has 0 spiro atoms. The van der Waals surface area contributed by atoms with E-state index in [2.05, 4.69) is 5.16 Å². The van der Waals surface area contributed by atoms with E-state index in [-0.39, 0.29) is 0 Å². The molecular weight excluding hydrogens is 230 g/mol. The Morgan fingerprint density at radius 1 is 1.39 bits per heavy atom. The predicted molar refractivity (Wildman–Crippen MR) is 66.5 cm³/mol. The second-order valence-corrected chi connectivity index (χ2v) is 5.04. The zero-order valence-electron chi connectivity index (χ0n) is 10.3. The fourth-order valence-corrected chi connectivity index (χ4v) is 3.04. The van der Waals surface area contributed by atoms with Crippen LogP contribution in [0.2, 0.25) is 0 Å². The molecule has 94 valence electrons. The third kappa shape index (κ3) is 1.38. The van der Waals surface area contributed by atoms with Crippen LogP contribution in [0.3, 0.4) is 0 Å². The Morgan fingerprint density at radius 2 is 2.11 bits per heavy atom. The van der Waals surface area contributed by atoms with E-state index in [4.69, 9.17) is 4.52 Å². The van der Waals surface area contributed by atoms with Gasteiger partial charge >= 0.3 is 5.97 Å². The molecule has 1 N–H and O–H groups in total. The van der Waals surface area contributed by atoms with Gasteiger partial charge in [0.25, 0.3) is 0 Å². The molecule has 1 aromatic carbocycles. The van der Waals surface area contributed by atoms with Crippen molar-refractivity contribution in [1.29, 1.82) is 0 Å². The lowest BCUT2D eigenvalue weighted by molar-refractivity contribution is -0.143. The molecule has 2 aromatic rings. The van der Waals surface area contributed by atoms with Crippen LogP contribution in [0.25, 0.3) is 11.0 Å². The molecule has 18 heavy (non-hydrogen) atoms. The normalized spacial score (nSPS) is 18.3. The molecule has 1 fully saturated rings. The van der Waals surface area contributed by atoms with Gasteiger partial charge in [0.15, 0.2) is 5.58 Å². The van der Waals surface area contributed by atoms with Gasteiger partial charge in [-0.25, -0.2) is 0 Å². The van der Waals surface area contributed by atoms with E-state index >= 15 is 0 Å². The summed E-state index contributed by atoms with van der Waals surface area (Å²) in [7, 11) is 0. The fraction of sp³-hybridized carbons (Fsp3) is 0.429. The number of hydrogen-bond acceptors (Lipinski definition) is 3. The highest BCUT2D eigenvalue weighted by Crippen LogP contribution is 2.44. The number of nitrogens with zero attached hydrogens (tertiary/aromatic N) is 1. The number of carboxylic acid groups (broad SMARTS) is 1. The number of aliphatic carboxylic acids is 1. The Balaban J connectivity index is 2.27.